The molecule has 0 spiro atoms. The van der Waals surface area contributed by atoms with Crippen molar-refractivity contribution in [3.63, 3.8) is 0 Å². The minimum Gasteiger partial charge on any atom is -0.444 e. The summed E-state index contributed by atoms with van der Waals surface area (Å²) in [6.45, 7) is 17.8. The van der Waals surface area contributed by atoms with E-state index in [1.165, 1.54) is 44.2 Å². The topological polar surface area (TPSA) is 156 Å². The Hall–Kier alpha value is -4.79. The predicted molar refractivity (Wildman–Crippen MR) is 207 cm³/mol. The Bertz CT molecular complexity index is 1440. The Morgan fingerprint density at radius 2 is 1.61 bits per heavy atom. The molecule has 0 bridgehead atoms. The van der Waals surface area contributed by atoms with E-state index in [-0.39, 0.29) is 24.4 Å². The summed E-state index contributed by atoms with van der Waals surface area (Å²) in [6.07, 6.45) is 15.8. The van der Waals surface area contributed by atoms with Crippen molar-refractivity contribution >= 4 is 36.0 Å². The van der Waals surface area contributed by atoms with E-state index in [1.54, 1.807) is 6.07 Å². The van der Waals surface area contributed by atoms with Gasteiger partial charge in [-0.1, -0.05) is 49.3 Å². The van der Waals surface area contributed by atoms with Crippen LogP contribution >= 0.6 is 0 Å². The van der Waals surface area contributed by atoms with Gasteiger partial charge in [0.15, 0.2) is 0 Å². The van der Waals surface area contributed by atoms with Crippen molar-refractivity contribution in [2.24, 2.45) is 11.5 Å². The first-order valence-electron chi connectivity index (χ1n) is 16.7. The van der Waals surface area contributed by atoms with Crippen molar-refractivity contribution < 1.29 is 33.0 Å². The van der Waals surface area contributed by atoms with E-state index in [1.807, 2.05) is 45.4 Å². The van der Waals surface area contributed by atoms with Crippen LogP contribution in [0.4, 0.5) is 9.18 Å². The Balaban J connectivity index is -0.000000764. The minimum absolute atomic E-state index is 0.0135. The lowest BCUT2D eigenvalue weighted by atomic mass is 10.0. The van der Waals surface area contributed by atoms with Crippen molar-refractivity contribution in [1.29, 1.82) is 0 Å². The highest BCUT2D eigenvalue weighted by Gasteiger charge is 2.17. The monoisotopic (exact) mass is 712 g/mol. The Morgan fingerprint density at radius 3 is 2.14 bits per heavy atom. The Kier molecular flexibility index (Phi) is 31.0. The molecular formula is C40H61FN4O6. The highest BCUT2D eigenvalue weighted by atomic mass is 19.1. The first-order chi connectivity index (χ1) is 24.2. The molecule has 51 heavy (non-hydrogen) atoms. The molecule has 2 aromatic carbocycles. The quantitative estimate of drug-likeness (QED) is 0.118. The molecule has 11 heteroatoms. The van der Waals surface area contributed by atoms with E-state index >= 15 is 0 Å². The van der Waals surface area contributed by atoms with Gasteiger partial charge in [0.25, 0.3) is 0 Å². The lowest BCUT2D eigenvalue weighted by Gasteiger charge is -2.22. The Morgan fingerprint density at radius 1 is 1.04 bits per heavy atom. The summed E-state index contributed by atoms with van der Waals surface area (Å²) in [5.74, 6) is 2.36. The number of primary amides is 1. The lowest BCUT2D eigenvalue weighted by Crippen LogP contribution is -2.38. The van der Waals surface area contributed by atoms with Crippen LogP contribution in [0.5, 0.6) is 0 Å². The number of hydrogen-bond donors (Lipinski definition) is 3. The van der Waals surface area contributed by atoms with Crippen LogP contribution in [0.3, 0.4) is 0 Å². The maximum atomic E-state index is 13.0. The first-order valence-corrected chi connectivity index (χ1v) is 16.7. The molecule has 0 aliphatic carbocycles. The van der Waals surface area contributed by atoms with E-state index in [2.05, 4.69) is 73.0 Å². The second kappa shape index (κ2) is 31.2. The van der Waals surface area contributed by atoms with Gasteiger partial charge in [0.2, 0.25) is 6.41 Å². The van der Waals surface area contributed by atoms with Gasteiger partial charge in [-0.25, -0.2) is 9.18 Å². The fourth-order valence-electron chi connectivity index (χ4n) is 4.10. The molecular weight excluding hydrogens is 651 g/mol. The van der Waals surface area contributed by atoms with Gasteiger partial charge in [0, 0.05) is 23.1 Å². The van der Waals surface area contributed by atoms with Crippen LogP contribution in [-0.4, -0.2) is 61.0 Å². The van der Waals surface area contributed by atoms with E-state index in [9.17, 15) is 9.18 Å². The number of nitrogens with zero attached hydrogens (tertiary/aromatic N) is 1. The molecule has 1 aromatic heterocycles. The summed E-state index contributed by atoms with van der Waals surface area (Å²) in [7, 11) is 1.50. The third-order valence-electron chi connectivity index (χ3n) is 6.17. The maximum absolute atomic E-state index is 13.0. The molecule has 0 saturated carbocycles. The fourth-order valence-corrected chi connectivity index (χ4v) is 4.10. The number of aldehydes is 2. The summed E-state index contributed by atoms with van der Waals surface area (Å²) in [4.78, 5) is 38.0. The fraction of sp³-hybridized carbons (Fsp3) is 0.450. The van der Waals surface area contributed by atoms with Crippen LogP contribution in [0.25, 0.3) is 10.9 Å². The van der Waals surface area contributed by atoms with Crippen LogP contribution in [0.15, 0.2) is 60.8 Å². The molecule has 0 fully saturated rings. The number of aryl methyl sites for hydroxylation is 1. The lowest BCUT2D eigenvalue weighted by molar-refractivity contribution is -0.107. The molecule has 0 saturated heterocycles. The summed E-state index contributed by atoms with van der Waals surface area (Å²) >= 11 is 0. The summed E-state index contributed by atoms with van der Waals surface area (Å²) in [6, 6.07) is 13.2. The summed E-state index contributed by atoms with van der Waals surface area (Å²) in [5.41, 5.74) is 12.7. The van der Waals surface area contributed by atoms with Crippen LogP contribution in [0, 0.1) is 25.1 Å². The number of nitrogens with one attached hydrogen (secondary N) is 1. The molecule has 10 nitrogen and oxygen atoms in total. The largest absolute Gasteiger partial charge is 0.444 e. The second-order valence-corrected chi connectivity index (χ2v) is 11.7. The number of carbonyl (C=O) groups is 4. The number of rotatable bonds is 10. The number of terminal acetylenes is 1. The van der Waals surface area contributed by atoms with E-state index < -0.39 is 5.60 Å². The zero-order chi connectivity index (χ0) is 39.8. The van der Waals surface area contributed by atoms with Crippen molar-refractivity contribution in [3.05, 3.63) is 83.3 Å². The highest BCUT2D eigenvalue weighted by molar-refractivity contribution is 5.83. The van der Waals surface area contributed by atoms with Crippen LogP contribution in [-0.2, 0) is 43.2 Å². The Labute approximate surface area is 305 Å². The molecule has 3 aromatic rings. The molecule has 0 radical (unpaired) electrons. The zero-order valence-corrected chi connectivity index (χ0v) is 32.2. The molecule has 3 rings (SSSR count). The third-order valence-corrected chi connectivity index (χ3v) is 6.17. The molecule has 284 valence electrons. The number of halogens is 1. The van der Waals surface area contributed by atoms with Crippen LogP contribution in [0.1, 0.15) is 78.5 Å². The molecule has 2 atom stereocenters. The normalized spacial score (nSPS) is 11.0. The average molecular weight is 713 g/mol. The van der Waals surface area contributed by atoms with Gasteiger partial charge < -0.3 is 40.4 Å². The SMILES string of the molecule is C#CCn1cc(C)c2cc(F)ccc21.CC=O.CC=O.CCC(C)OC/C=C/Cc1cccc(CC(C)NC(=O)OC(C)(C)C)c1.CN.NC=O. The van der Waals surface area contributed by atoms with E-state index in [0.29, 0.717) is 19.3 Å². The summed E-state index contributed by atoms with van der Waals surface area (Å²) < 4.78 is 25.8. The van der Waals surface area contributed by atoms with Crippen molar-refractivity contribution in [2.45, 2.75) is 106 Å². The number of amides is 2. The maximum Gasteiger partial charge on any atom is 0.407 e. The van der Waals surface area contributed by atoms with Gasteiger partial charge in [0.1, 0.15) is 24.0 Å². The van der Waals surface area contributed by atoms with Crippen LogP contribution < -0.4 is 16.8 Å². The molecule has 0 aliphatic rings. The number of ether oxygens (including phenoxy) is 2. The van der Waals surface area contributed by atoms with Crippen molar-refractivity contribution in [2.75, 3.05) is 13.7 Å². The number of fused-ring (bicyclic) bond motifs is 1. The predicted octanol–water partition coefficient (Wildman–Crippen LogP) is 6.86. The van der Waals surface area contributed by atoms with Crippen molar-refractivity contribution in [1.82, 2.24) is 9.88 Å². The third kappa shape index (κ3) is 26.7. The molecule has 5 N–H and O–H groups in total. The van der Waals surface area contributed by atoms with Crippen LogP contribution in [0.2, 0.25) is 0 Å². The van der Waals surface area contributed by atoms with E-state index in [4.69, 9.17) is 30.3 Å². The van der Waals surface area contributed by atoms with Gasteiger partial charge in [0.05, 0.1) is 19.3 Å². The molecule has 0 aliphatic heterocycles. The molecule has 1 heterocycles. The number of carbonyl (C=O) groups excluding carboxylic acids is 4. The van der Waals surface area contributed by atoms with E-state index in [0.717, 1.165) is 48.3 Å². The number of aromatic nitrogens is 1. The molecule has 2 amide bonds. The van der Waals surface area contributed by atoms with Gasteiger partial charge in [-0.2, -0.15) is 0 Å². The van der Waals surface area contributed by atoms with Gasteiger partial charge >= 0.3 is 6.09 Å². The number of benzene rings is 2. The highest BCUT2D eigenvalue weighted by Crippen LogP contribution is 2.21. The number of alkyl carbamates (subject to hydrolysis) is 1. The number of nitrogens with two attached hydrogens (primary N) is 2. The van der Waals surface area contributed by atoms with Crippen molar-refractivity contribution in [3.8, 4) is 12.3 Å². The van der Waals surface area contributed by atoms with Gasteiger partial charge in [-0.05, 0) is 117 Å². The average Bonchev–Trinajstić information content (AvgIpc) is 3.36. The molecule has 2 unspecified atom stereocenters. The summed E-state index contributed by atoms with van der Waals surface area (Å²) in [5, 5.41) is 3.82. The smallest absolute Gasteiger partial charge is 0.407 e. The number of hydrogen-bond acceptors (Lipinski definition) is 7. The first kappa shape index (κ1) is 50.6. The van der Waals surface area contributed by atoms with Gasteiger partial charge in [-0.3, -0.25) is 4.79 Å². The minimum atomic E-state index is -0.477. The zero-order valence-electron chi connectivity index (χ0n) is 32.2. The van der Waals surface area contributed by atoms with Gasteiger partial charge in [-0.15, -0.1) is 6.42 Å². The standard InChI is InChI=1S/C22H35NO3.C12H10FN.2C2H4O.CH3NO.CH5N/c1-7-18(3)25-14-9-8-11-19-12-10-13-20(16-19)15-17(2)23-21(24)26-22(4,5)6;1-3-6-14-8-9(2)11-7-10(13)4-5-12(11)14;2*1-2-3;2-1-3;1-2/h8-10,12-13,16-18H,7,11,14-15H2,1-6H3,(H,23,24);1,4-5,7-8H,6H2,2H3;2*2H,1H3;1H,(H2,2,3);2H2,1H3/b9-8+;;;;;. The second-order valence-electron chi connectivity index (χ2n) is 11.7. The number of allylic oxidation sites excluding steroid dienone is 1.